The quantitative estimate of drug-likeness (QED) is 0.653. The average molecular weight is 394 g/mol. The first-order valence-corrected chi connectivity index (χ1v) is 7.14. The first-order chi connectivity index (χ1) is 10.2. The van der Waals surface area contributed by atoms with Crippen LogP contribution in [0.1, 0.15) is 0 Å². The lowest BCUT2D eigenvalue weighted by Crippen LogP contribution is -2.09. The molecule has 106 valence electrons. The van der Waals surface area contributed by atoms with Crippen LogP contribution in [0.5, 0.6) is 0 Å². The van der Waals surface area contributed by atoms with Gasteiger partial charge < -0.3 is 10.6 Å². The summed E-state index contributed by atoms with van der Waals surface area (Å²) in [5.41, 5.74) is 0.902. The van der Waals surface area contributed by atoms with E-state index in [0.717, 1.165) is 9.26 Å². The van der Waals surface area contributed by atoms with Gasteiger partial charge in [0.05, 0.1) is 0 Å². The van der Waals surface area contributed by atoms with Crippen molar-refractivity contribution in [3.8, 4) is 5.95 Å². The summed E-state index contributed by atoms with van der Waals surface area (Å²) < 4.78 is 2.60. The van der Waals surface area contributed by atoms with Gasteiger partial charge in [-0.1, -0.05) is 6.07 Å². The fourth-order valence-corrected chi connectivity index (χ4v) is 2.18. The van der Waals surface area contributed by atoms with E-state index in [9.17, 15) is 0 Å². The number of nitrogens with zero attached hydrogens (tertiary/aromatic N) is 6. The monoisotopic (exact) mass is 394 g/mol. The van der Waals surface area contributed by atoms with Gasteiger partial charge in [-0.05, 0) is 40.8 Å². The van der Waals surface area contributed by atoms with Crippen LogP contribution in [0.2, 0.25) is 0 Å². The highest BCUT2D eigenvalue weighted by Gasteiger charge is 2.08. The predicted molar refractivity (Wildman–Crippen MR) is 86.7 cm³/mol. The molecule has 0 aliphatic heterocycles. The second-order valence-electron chi connectivity index (χ2n) is 4.01. The van der Waals surface area contributed by atoms with E-state index in [0.29, 0.717) is 17.8 Å². The molecule has 0 amide bonds. The highest BCUT2D eigenvalue weighted by Crippen LogP contribution is 2.17. The number of nitrogens with one attached hydrogen (secondary N) is 2. The molecule has 3 rings (SSSR count). The maximum atomic E-state index is 4.33. The summed E-state index contributed by atoms with van der Waals surface area (Å²) >= 11 is 2.25. The molecular formula is C12H11IN8. The van der Waals surface area contributed by atoms with Gasteiger partial charge in [-0.25, -0.2) is 4.98 Å². The number of aromatic nitrogens is 6. The van der Waals surface area contributed by atoms with Crippen molar-refractivity contribution in [1.82, 2.24) is 29.7 Å². The van der Waals surface area contributed by atoms with Gasteiger partial charge in [-0.2, -0.15) is 24.7 Å². The zero-order chi connectivity index (χ0) is 14.7. The molecule has 0 radical (unpaired) electrons. The molecule has 2 aromatic heterocycles. The maximum Gasteiger partial charge on any atom is 0.258 e. The fourth-order valence-electron chi connectivity index (χ4n) is 1.64. The maximum absolute atomic E-state index is 4.33. The SMILES string of the molecule is CNc1nc(Nc2cccc(I)c2)nc(-n2cncn2)n1. The third-order valence-electron chi connectivity index (χ3n) is 2.55. The molecule has 0 spiro atoms. The molecule has 1 aromatic carbocycles. The number of rotatable bonds is 4. The molecule has 2 heterocycles. The molecule has 21 heavy (non-hydrogen) atoms. The molecule has 0 saturated carbocycles. The average Bonchev–Trinajstić information content (AvgIpc) is 3.01. The number of hydrogen-bond donors (Lipinski definition) is 2. The van der Waals surface area contributed by atoms with Crippen LogP contribution < -0.4 is 10.6 Å². The van der Waals surface area contributed by atoms with E-state index in [1.165, 1.54) is 17.3 Å². The lowest BCUT2D eigenvalue weighted by molar-refractivity contribution is 0.798. The lowest BCUT2D eigenvalue weighted by Gasteiger charge is -2.08. The normalized spacial score (nSPS) is 10.4. The van der Waals surface area contributed by atoms with Crippen LogP contribution in [0.4, 0.5) is 17.6 Å². The Morgan fingerprint density at radius 1 is 1.14 bits per heavy atom. The van der Waals surface area contributed by atoms with E-state index >= 15 is 0 Å². The van der Waals surface area contributed by atoms with Gasteiger partial charge in [0.1, 0.15) is 12.7 Å². The van der Waals surface area contributed by atoms with Crippen molar-refractivity contribution in [2.75, 3.05) is 17.7 Å². The molecule has 0 atom stereocenters. The molecule has 3 aromatic rings. The summed E-state index contributed by atoms with van der Waals surface area (Å²) in [5.74, 6) is 1.27. The second-order valence-corrected chi connectivity index (χ2v) is 5.25. The predicted octanol–water partition coefficient (Wildman–Crippen LogP) is 1.84. The zero-order valence-electron chi connectivity index (χ0n) is 11.0. The first kappa shape index (κ1) is 13.7. The van der Waals surface area contributed by atoms with Crippen molar-refractivity contribution in [2.45, 2.75) is 0 Å². The second kappa shape index (κ2) is 5.99. The van der Waals surface area contributed by atoms with Crippen molar-refractivity contribution in [3.63, 3.8) is 0 Å². The van der Waals surface area contributed by atoms with Gasteiger partial charge in [0.2, 0.25) is 11.9 Å². The fraction of sp³-hybridized carbons (Fsp3) is 0.0833. The van der Waals surface area contributed by atoms with Gasteiger partial charge in [0.15, 0.2) is 0 Å². The smallest absolute Gasteiger partial charge is 0.258 e. The largest absolute Gasteiger partial charge is 0.357 e. The van der Waals surface area contributed by atoms with Crippen LogP contribution in [0.25, 0.3) is 5.95 Å². The van der Waals surface area contributed by atoms with Crippen LogP contribution >= 0.6 is 22.6 Å². The van der Waals surface area contributed by atoms with Crippen LogP contribution in [-0.2, 0) is 0 Å². The van der Waals surface area contributed by atoms with Crippen LogP contribution in [-0.4, -0.2) is 36.8 Å². The summed E-state index contributed by atoms with van der Waals surface area (Å²) in [6.45, 7) is 0. The molecule has 0 bridgehead atoms. The molecule has 0 aliphatic rings. The van der Waals surface area contributed by atoms with Gasteiger partial charge in [-0.15, -0.1) is 0 Å². The van der Waals surface area contributed by atoms with Crippen molar-refractivity contribution in [3.05, 3.63) is 40.5 Å². The minimum absolute atomic E-state index is 0.389. The number of anilines is 3. The summed E-state index contributed by atoms with van der Waals surface area (Å²) in [6, 6.07) is 7.92. The summed E-state index contributed by atoms with van der Waals surface area (Å²) in [5, 5.41) is 10.1. The Balaban J connectivity index is 1.96. The van der Waals surface area contributed by atoms with Crippen molar-refractivity contribution in [2.24, 2.45) is 0 Å². The molecule has 0 aliphatic carbocycles. The Bertz CT molecular complexity index is 743. The van der Waals surface area contributed by atoms with Gasteiger partial charge in [0, 0.05) is 16.3 Å². The Labute approximate surface area is 134 Å². The lowest BCUT2D eigenvalue weighted by atomic mass is 10.3. The van der Waals surface area contributed by atoms with E-state index < -0.39 is 0 Å². The van der Waals surface area contributed by atoms with Crippen LogP contribution in [0.15, 0.2) is 36.9 Å². The molecule has 0 unspecified atom stereocenters. The first-order valence-electron chi connectivity index (χ1n) is 6.06. The van der Waals surface area contributed by atoms with E-state index in [-0.39, 0.29) is 0 Å². The Morgan fingerprint density at radius 2 is 2.00 bits per heavy atom. The molecule has 9 heteroatoms. The molecule has 8 nitrogen and oxygen atoms in total. The summed E-state index contributed by atoms with van der Waals surface area (Å²) in [4.78, 5) is 16.7. The van der Waals surface area contributed by atoms with Gasteiger partial charge in [-0.3, -0.25) is 0 Å². The van der Waals surface area contributed by atoms with Crippen LogP contribution in [0, 0.1) is 3.57 Å². The number of benzene rings is 1. The Kier molecular flexibility index (Phi) is 3.90. The van der Waals surface area contributed by atoms with E-state index in [2.05, 4.69) is 58.3 Å². The van der Waals surface area contributed by atoms with Crippen molar-refractivity contribution >= 4 is 40.2 Å². The third kappa shape index (κ3) is 3.24. The number of halogens is 1. The highest BCUT2D eigenvalue weighted by atomic mass is 127. The van der Waals surface area contributed by atoms with Crippen LogP contribution in [0.3, 0.4) is 0 Å². The summed E-state index contributed by atoms with van der Waals surface area (Å²) in [7, 11) is 1.75. The van der Waals surface area contributed by atoms with Gasteiger partial charge in [0.25, 0.3) is 5.95 Å². The Hall–Kier alpha value is -2.30. The standard InChI is InChI=1S/C12H11IN8/c1-14-10-18-11(17-9-4-2-3-8(13)5-9)20-12(19-10)21-7-15-6-16-21/h2-7H,1H3,(H2,14,17,18,19,20). The van der Waals surface area contributed by atoms with Gasteiger partial charge >= 0.3 is 0 Å². The molecule has 0 saturated heterocycles. The molecular weight excluding hydrogens is 383 g/mol. The highest BCUT2D eigenvalue weighted by molar-refractivity contribution is 14.1. The third-order valence-corrected chi connectivity index (χ3v) is 3.22. The molecule has 2 N–H and O–H groups in total. The van der Waals surface area contributed by atoms with E-state index in [1.807, 2.05) is 24.3 Å². The number of hydrogen-bond acceptors (Lipinski definition) is 7. The van der Waals surface area contributed by atoms with Crippen molar-refractivity contribution < 1.29 is 0 Å². The zero-order valence-corrected chi connectivity index (χ0v) is 13.2. The van der Waals surface area contributed by atoms with E-state index in [1.54, 1.807) is 7.05 Å². The summed E-state index contributed by atoms with van der Waals surface area (Å²) in [6.07, 6.45) is 2.96. The topological polar surface area (TPSA) is 93.4 Å². The Morgan fingerprint density at radius 3 is 2.71 bits per heavy atom. The van der Waals surface area contributed by atoms with E-state index in [4.69, 9.17) is 0 Å². The molecule has 0 fully saturated rings. The minimum atomic E-state index is 0.389. The van der Waals surface area contributed by atoms with Crippen molar-refractivity contribution in [1.29, 1.82) is 0 Å². The minimum Gasteiger partial charge on any atom is -0.357 e.